The summed E-state index contributed by atoms with van der Waals surface area (Å²) in [6.45, 7) is 6.06. The Bertz CT molecular complexity index is 737. The molecule has 0 N–H and O–H groups in total. The lowest BCUT2D eigenvalue weighted by Gasteiger charge is -2.20. The van der Waals surface area contributed by atoms with Crippen LogP contribution in [0.1, 0.15) is 61.3 Å². The molecule has 4 rings (SSSR count). The van der Waals surface area contributed by atoms with Gasteiger partial charge in [-0.2, -0.15) is 0 Å². The monoisotopic (exact) mass is 345 g/mol. The van der Waals surface area contributed by atoms with Gasteiger partial charge in [0.15, 0.2) is 0 Å². The molecule has 1 aliphatic carbocycles. The fourth-order valence-corrected chi connectivity index (χ4v) is 4.66. The summed E-state index contributed by atoms with van der Waals surface area (Å²) in [5.74, 6) is 0. The van der Waals surface area contributed by atoms with Gasteiger partial charge in [-0.25, -0.2) is 0 Å². The first kappa shape index (κ1) is 17.5. The predicted octanol–water partition coefficient (Wildman–Crippen LogP) is 5.87. The van der Waals surface area contributed by atoms with Gasteiger partial charge in [-0.15, -0.1) is 0 Å². The summed E-state index contributed by atoms with van der Waals surface area (Å²) in [6.07, 6.45) is 8.72. The molecule has 0 bridgehead atoms. The average Bonchev–Trinajstić information content (AvgIpc) is 3.01. The van der Waals surface area contributed by atoms with Crippen molar-refractivity contribution in [3.05, 3.63) is 76.4 Å². The van der Waals surface area contributed by atoms with Crippen molar-refractivity contribution in [2.45, 2.75) is 51.9 Å². The zero-order valence-electron chi connectivity index (χ0n) is 16.1. The minimum atomic E-state index is 1.16. The molecule has 2 aromatic rings. The molecule has 0 saturated carbocycles. The number of nitrogens with zero attached hydrogens (tertiary/aromatic N) is 1. The number of aryl methyl sites for hydroxylation is 2. The van der Waals surface area contributed by atoms with Crippen molar-refractivity contribution in [2.24, 2.45) is 0 Å². The minimum absolute atomic E-state index is 1.16. The van der Waals surface area contributed by atoms with Crippen molar-refractivity contribution >= 4 is 5.57 Å². The highest BCUT2D eigenvalue weighted by Gasteiger charge is 2.22. The topological polar surface area (TPSA) is 3.24 Å². The largest absolute Gasteiger partial charge is 0.303 e. The Labute approximate surface area is 158 Å². The van der Waals surface area contributed by atoms with Gasteiger partial charge >= 0.3 is 0 Å². The van der Waals surface area contributed by atoms with Crippen molar-refractivity contribution in [1.82, 2.24) is 4.90 Å². The standard InChI is InChI=1S/C25H31N/c1-2-3-17-26-18-8-11-22(16-19-26)25-23-12-6-4-9-20(23)14-15-21-10-5-7-13-24(21)25/h4-7,9-10,12-13H,2-3,8,11,14-19H2,1H3. The fraction of sp³-hybridized carbons (Fsp3) is 0.440. The maximum absolute atomic E-state index is 2.69. The number of fused-ring (bicyclic) bond motifs is 2. The van der Waals surface area contributed by atoms with E-state index >= 15 is 0 Å². The summed E-state index contributed by atoms with van der Waals surface area (Å²) in [5.41, 5.74) is 9.29. The summed E-state index contributed by atoms with van der Waals surface area (Å²) in [6, 6.07) is 18.2. The van der Waals surface area contributed by atoms with Crippen LogP contribution >= 0.6 is 0 Å². The van der Waals surface area contributed by atoms with Gasteiger partial charge in [0, 0.05) is 6.54 Å². The van der Waals surface area contributed by atoms with Crippen LogP contribution in [0.4, 0.5) is 0 Å². The number of unbranched alkanes of at least 4 members (excludes halogenated alkanes) is 1. The molecule has 2 aliphatic rings. The van der Waals surface area contributed by atoms with Crippen molar-refractivity contribution in [1.29, 1.82) is 0 Å². The summed E-state index contributed by atoms with van der Waals surface area (Å²) in [7, 11) is 0. The van der Waals surface area contributed by atoms with Gasteiger partial charge in [0.25, 0.3) is 0 Å². The minimum Gasteiger partial charge on any atom is -0.303 e. The highest BCUT2D eigenvalue weighted by molar-refractivity contribution is 5.86. The predicted molar refractivity (Wildman–Crippen MR) is 112 cm³/mol. The maximum atomic E-state index is 2.69. The third-order valence-corrected chi connectivity index (χ3v) is 6.10. The van der Waals surface area contributed by atoms with Crippen LogP contribution in [0.2, 0.25) is 0 Å². The molecular formula is C25H31N. The van der Waals surface area contributed by atoms with Gasteiger partial charge in [0.2, 0.25) is 0 Å². The van der Waals surface area contributed by atoms with Crippen LogP contribution in [0, 0.1) is 0 Å². The number of hydrogen-bond acceptors (Lipinski definition) is 1. The van der Waals surface area contributed by atoms with Crippen molar-refractivity contribution in [2.75, 3.05) is 19.6 Å². The van der Waals surface area contributed by atoms with E-state index < -0.39 is 0 Å². The summed E-state index contributed by atoms with van der Waals surface area (Å²) in [5, 5.41) is 0. The van der Waals surface area contributed by atoms with E-state index in [1.165, 1.54) is 74.0 Å². The summed E-state index contributed by atoms with van der Waals surface area (Å²) < 4.78 is 0. The zero-order chi connectivity index (χ0) is 17.8. The molecule has 1 saturated heterocycles. The Hall–Kier alpha value is -1.86. The first-order valence-electron chi connectivity index (χ1n) is 10.5. The van der Waals surface area contributed by atoms with Crippen LogP contribution in [0.25, 0.3) is 5.57 Å². The molecule has 26 heavy (non-hydrogen) atoms. The lowest BCUT2D eigenvalue weighted by atomic mass is 9.87. The van der Waals surface area contributed by atoms with E-state index in [1.54, 1.807) is 11.1 Å². The van der Waals surface area contributed by atoms with Gasteiger partial charge in [-0.3, -0.25) is 0 Å². The normalized spacial score (nSPS) is 18.0. The molecule has 1 fully saturated rings. The number of rotatable bonds is 3. The van der Waals surface area contributed by atoms with Crippen LogP contribution in [-0.4, -0.2) is 24.5 Å². The highest BCUT2D eigenvalue weighted by Crippen LogP contribution is 2.38. The van der Waals surface area contributed by atoms with Gasteiger partial charge < -0.3 is 4.90 Å². The van der Waals surface area contributed by atoms with Crippen LogP contribution in [0.3, 0.4) is 0 Å². The number of likely N-dealkylation sites (tertiary alicyclic amines) is 1. The Morgan fingerprint density at radius 1 is 0.769 bits per heavy atom. The molecular weight excluding hydrogens is 314 g/mol. The Kier molecular flexibility index (Phi) is 5.55. The molecule has 2 aromatic carbocycles. The fourth-order valence-electron chi connectivity index (χ4n) is 4.66. The Morgan fingerprint density at radius 3 is 2.08 bits per heavy atom. The molecule has 1 heterocycles. The maximum Gasteiger partial charge on any atom is 0.00189 e. The first-order chi connectivity index (χ1) is 12.9. The molecule has 1 nitrogen and oxygen atoms in total. The Morgan fingerprint density at radius 2 is 1.42 bits per heavy atom. The smallest absolute Gasteiger partial charge is 0.00189 e. The molecule has 0 radical (unpaired) electrons. The summed E-state index contributed by atoms with van der Waals surface area (Å²) in [4.78, 5) is 2.69. The highest BCUT2D eigenvalue weighted by atomic mass is 15.1. The van der Waals surface area contributed by atoms with E-state index in [9.17, 15) is 0 Å². The van der Waals surface area contributed by atoms with Crippen LogP contribution in [0.15, 0.2) is 54.1 Å². The molecule has 1 aliphatic heterocycles. The molecule has 0 aromatic heterocycles. The van der Waals surface area contributed by atoms with Crippen molar-refractivity contribution in [3.63, 3.8) is 0 Å². The first-order valence-corrected chi connectivity index (χ1v) is 10.5. The van der Waals surface area contributed by atoms with Crippen molar-refractivity contribution in [3.8, 4) is 0 Å². The molecule has 0 amide bonds. The molecule has 0 spiro atoms. The lowest BCUT2D eigenvalue weighted by Crippen LogP contribution is -2.25. The van der Waals surface area contributed by atoms with Crippen molar-refractivity contribution < 1.29 is 0 Å². The number of hydrogen-bond donors (Lipinski definition) is 0. The van der Waals surface area contributed by atoms with E-state index in [4.69, 9.17) is 0 Å². The lowest BCUT2D eigenvalue weighted by molar-refractivity contribution is 0.282. The average molecular weight is 346 g/mol. The van der Waals surface area contributed by atoms with E-state index in [-0.39, 0.29) is 0 Å². The van der Waals surface area contributed by atoms with E-state index in [2.05, 4.69) is 60.4 Å². The molecule has 0 atom stereocenters. The molecule has 0 unspecified atom stereocenters. The SMILES string of the molecule is CCCCN1CCCC(=C2c3ccccc3CCc3ccccc32)CC1. The second kappa shape index (κ2) is 8.22. The zero-order valence-corrected chi connectivity index (χ0v) is 16.1. The second-order valence-corrected chi connectivity index (χ2v) is 7.84. The van der Waals surface area contributed by atoms with Gasteiger partial charge in [0.1, 0.15) is 0 Å². The Balaban J connectivity index is 1.75. The van der Waals surface area contributed by atoms with Crippen LogP contribution in [-0.2, 0) is 12.8 Å². The second-order valence-electron chi connectivity index (χ2n) is 7.84. The quantitative estimate of drug-likeness (QED) is 0.672. The third kappa shape index (κ3) is 3.64. The van der Waals surface area contributed by atoms with Gasteiger partial charge in [-0.05, 0) is 79.4 Å². The van der Waals surface area contributed by atoms with Gasteiger partial charge in [0.05, 0.1) is 0 Å². The van der Waals surface area contributed by atoms with Gasteiger partial charge in [-0.1, -0.05) is 67.4 Å². The van der Waals surface area contributed by atoms with E-state index in [0.717, 1.165) is 12.8 Å². The summed E-state index contributed by atoms with van der Waals surface area (Å²) >= 11 is 0. The molecule has 1 heteroatoms. The van der Waals surface area contributed by atoms with E-state index in [0.29, 0.717) is 0 Å². The molecule has 136 valence electrons. The third-order valence-electron chi connectivity index (χ3n) is 6.10. The van der Waals surface area contributed by atoms with E-state index in [1.807, 2.05) is 0 Å². The van der Waals surface area contributed by atoms with Crippen LogP contribution in [0.5, 0.6) is 0 Å². The van der Waals surface area contributed by atoms with Crippen LogP contribution < -0.4 is 0 Å². The number of benzene rings is 2.